The second kappa shape index (κ2) is 5.53. The zero-order chi connectivity index (χ0) is 14.9. The topological polar surface area (TPSA) is 51.2 Å². The summed E-state index contributed by atoms with van der Waals surface area (Å²) in [5.74, 6) is 0. The van der Waals surface area contributed by atoms with E-state index in [0.29, 0.717) is 6.04 Å². The lowest BCUT2D eigenvalue weighted by Gasteiger charge is -2.23. The number of nitrogens with zero attached hydrogens (tertiary/aromatic N) is 6. The Morgan fingerprint density at radius 3 is 3.09 bits per heavy atom. The predicted molar refractivity (Wildman–Crippen MR) is 83.4 cm³/mol. The molecule has 0 spiro atoms. The summed E-state index contributed by atoms with van der Waals surface area (Å²) in [7, 11) is 0. The first-order chi connectivity index (χ1) is 10.8. The van der Waals surface area contributed by atoms with Gasteiger partial charge in [0.15, 0.2) is 0 Å². The van der Waals surface area contributed by atoms with Crippen molar-refractivity contribution in [2.45, 2.75) is 38.9 Å². The second-order valence-electron chi connectivity index (χ2n) is 6.01. The van der Waals surface area contributed by atoms with Gasteiger partial charge < -0.3 is 4.40 Å². The number of pyridine rings is 1. The van der Waals surface area contributed by atoms with Gasteiger partial charge in [0.1, 0.15) is 18.3 Å². The molecule has 0 radical (unpaired) electrons. The highest BCUT2D eigenvalue weighted by molar-refractivity contribution is 5.41. The van der Waals surface area contributed by atoms with Crippen LogP contribution in [0, 0.1) is 6.92 Å². The van der Waals surface area contributed by atoms with Crippen molar-refractivity contribution in [2.24, 2.45) is 0 Å². The van der Waals surface area contributed by atoms with E-state index in [0.717, 1.165) is 31.0 Å². The SMILES string of the molecule is Cc1cccc2nc(CN3CCC[C@H]3Cn3cncn3)cn12. The summed E-state index contributed by atoms with van der Waals surface area (Å²) in [5.41, 5.74) is 3.39. The lowest BCUT2D eigenvalue weighted by Crippen LogP contribution is -2.32. The van der Waals surface area contributed by atoms with E-state index in [1.165, 1.54) is 18.5 Å². The highest BCUT2D eigenvalue weighted by Gasteiger charge is 2.25. The van der Waals surface area contributed by atoms with Gasteiger partial charge in [-0.1, -0.05) is 6.07 Å². The number of hydrogen-bond donors (Lipinski definition) is 0. The van der Waals surface area contributed by atoms with Crippen LogP contribution in [0.5, 0.6) is 0 Å². The van der Waals surface area contributed by atoms with Crippen LogP contribution in [0.3, 0.4) is 0 Å². The average molecular weight is 296 g/mol. The van der Waals surface area contributed by atoms with E-state index < -0.39 is 0 Å². The lowest BCUT2D eigenvalue weighted by molar-refractivity contribution is 0.217. The van der Waals surface area contributed by atoms with E-state index in [4.69, 9.17) is 4.98 Å². The van der Waals surface area contributed by atoms with Gasteiger partial charge in [0, 0.05) is 24.5 Å². The van der Waals surface area contributed by atoms with Gasteiger partial charge in [-0.15, -0.1) is 0 Å². The molecule has 1 aliphatic rings. The minimum atomic E-state index is 0.521. The maximum absolute atomic E-state index is 4.76. The van der Waals surface area contributed by atoms with Crippen LogP contribution in [0.2, 0.25) is 0 Å². The number of aromatic nitrogens is 5. The van der Waals surface area contributed by atoms with Crippen molar-refractivity contribution in [1.82, 2.24) is 29.0 Å². The van der Waals surface area contributed by atoms with Gasteiger partial charge in [-0.3, -0.25) is 9.58 Å². The molecule has 6 nitrogen and oxygen atoms in total. The minimum Gasteiger partial charge on any atom is -0.304 e. The van der Waals surface area contributed by atoms with Crippen molar-refractivity contribution in [2.75, 3.05) is 6.54 Å². The van der Waals surface area contributed by atoms with Crippen LogP contribution in [-0.4, -0.2) is 41.6 Å². The standard InChI is InChI=1S/C16H20N6/c1-13-4-2-6-16-19-14(9-22(13)16)8-20-7-3-5-15(20)10-21-12-17-11-18-21/h2,4,6,9,11-12,15H,3,5,7-8,10H2,1H3/t15-/m0/s1. The molecule has 1 fully saturated rings. The summed E-state index contributed by atoms with van der Waals surface area (Å²) in [6, 6.07) is 6.76. The molecule has 4 rings (SSSR count). The van der Waals surface area contributed by atoms with E-state index in [-0.39, 0.29) is 0 Å². The molecule has 0 aliphatic carbocycles. The summed E-state index contributed by atoms with van der Waals surface area (Å²) < 4.78 is 4.09. The van der Waals surface area contributed by atoms with Crippen molar-refractivity contribution in [1.29, 1.82) is 0 Å². The molecular weight excluding hydrogens is 276 g/mol. The summed E-state index contributed by atoms with van der Waals surface area (Å²) >= 11 is 0. The lowest BCUT2D eigenvalue weighted by atomic mass is 10.2. The Labute approximate surface area is 129 Å². The smallest absolute Gasteiger partial charge is 0.137 e. The van der Waals surface area contributed by atoms with Crippen LogP contribution in [-0.2, 0) is 13.1 Å². The molecule has 22 heavy (non-hydrogen) atoms. The quantitative estimate of drug-likeness (QED) is 0.738. The molecule has 1 saturated heterocycles. The molecule has 0 N–H and O–H groups in total. The zero-order valence-electron chi connectivity index (χ0n) is 12.8. The molecule has 0 saturated carbocycles. The molecule has 0 aromatic carbocycles. The number of likely N-dealkylation sites (tertiary alicyclic amines) is 1. The third kappa shape index (κ3) is 2.50. The fourth-order valence-corrected chi connectivity index (χ4v) is 3.34. The third-order valence-electron chi connectivity index (χ3n) is 4.47. The van der Waals surface area contributed by atoms with Crippen molar-refractivity contribution < 1.29 is 0 Å². The van der Waals surface area contributed by atoms with Crippen molar-refractivity contribution in [3.8, 4) is 0 Å². The predicted octanol–water partition coefficient (Wildman–Crippen LogP) is 1.90. The monoisotopic (exact) mass is 296 g/mol. The molecule has 0 bridgehead atoms. The molecule has 1 aliphatic heterocycles. The third-order valence-corrected chi connectivity index (χ3v) is 4.47. The molecule has 1 atom stereocenters. The first kappa shape index (κ1) is 13.5. The second-order valence-corrected chi connectivity index (χ2v) is 6.01. The van der Waals surface area contributed by atoms with Crippen LogP contribution >= 0.6 is 0 Å². The van der Waals surface area contributed by atoms with Gasteiger partial charge in [0.25, 0.3) is 0 Å². The molecule has 4 heterocycles. The van der Waals surface area contributed by atoms with Crippen LogP contribution < -0.4 is 0 Å². The molecule has 114 valence electrons. The van der Waals surface area contributed by atoms with E-state index in [9.17, 15) is 0 Å². The van der Waals surface area contributed by atoms with Crippen LogP contribution in [0.15, 0.2) is 37.1 Å². The Bertz CT molecular complexity index is 760. The van der Waals surface area contributed by atoms with E-state index in [2.05, 4.69) is 50.7 Å². The van der Waals surface area contributed by atoms with Crippen molar-refractivity contribution in [3.05, 3.63) is 48.4 Å². The van der Waals surface area contributed by atoms with Crippen LogP contribution in [0.1, 0.15) is 24.2 Å². The summed E-state index contributed by atoms with van der Waals surface area (Å²) in [5, 5.41) is 4.23. The number of rotatable bonds is 4. The van der Waals surface area contributed by atoms with Gasteiger partial charge in [-0.25, -0.2) is 9.97 Å². The largest absolute Gasteiger partial charge is 0.304 e. The number of hydrogen-bond acceptors (Lipinski definition) is 4. The van der Waals surface area contributed by atoms with Gasteiger partial charge in [0.2, 0.25) is 0 Å². The Balaban J connectivity index is 1.52. The molecule has 3 aromatic rings. The molecule has 0 amide bonds. The Hall–Kier alpha value is -2.21. The van der Waals surface area contributed by atoms with Crippen molar-refractivity contribution in [3.63, 3.8) is 0 Å². The zero-order valence-corrected chi connectivity index (χ0v) is 12.8. The normalized spacial score (nSPS) is 19.2. The molecule has 3 aromatic heterocycles. The van der Waals surface area contributed by atoms with E-state index >= 15 is 0 Å². The first-order valence-corrected chi connectivity index (χ1v) is 7.80. The summed E-state index contributed by atoms with van der Waals surface area (Å²) in [6.45, 7) is 5.06. The Morgan fingerprint density at radius 2 is 2.27 bits per heavy atom. The number of fused-ring (bicyclic) bond motifs is 1. The van der Waals surface area contributed by atoms with Crippen LogP contribution in [0.4, 0.5) is 0 Å². The van der Waals surface area contributed by atoms with E-state index in [1.807, 2.05) is 4.68 Å². The Morgan fingerprint density at radius 1 is 1.32 bits per heavy atom. The number of aryl methyl sites for hydroxylation is 1. The molecule has 6 heteroatoms. The summed E-state index contributed by atoms with van der Waals surface area (Å²) in [6.07, 6.45) is 8.02. The average Bonchev–Trinajstić information content (AvgIpc) is 3.22. The van der Waals surface area contributed by atoms with Gasteiger partial charge in [0.05, 0.1) is 12.2 Å². The van der Waals surface area contributed by atoms with Crippen LogP contribution in [0.25, 0.3) is 5.65 Å². The van der Waals surface area contributed by atoms with E-state index in [1.54, 1.807) is 12.7 Å². The summed E-state index contributed by atoms with van der Waals surface area (Å²) in [4.78, 5) is 11.3. The maximum atomic E-state index is 4.76. The first-order valence-electron chi connectivity index (χ1n) is 7.80. The highest BCUT2D eigenvalue weighted by atomic mass is 15.3. The van der Waals surface area contributed by atoms with Crippen molar-refractivity contribution >= 4 is 5.65 Å². The molecule has 0 unspecified atom stereocenters. The van der Waals surface area contributed by atoms with Gasteiger partial charge in [-0.05, 0) is 38.4 Å². The highest BCUT2D eigenvalue weighted by Crippen LogP contribution is 2.21. The fraction of sp³-hybridized carbons (Fsp3) is 0.438. The maximum Gasteiger partial charge on any atom is 0.137 e. The molecular formula is C16H20N6. The minimum absolute atomic E-state index is 0.521. The van der Waals surface area contributed by atoms with Gasteiger partial charge in [-0.2, -0.15) is 5.10 Å². The fourth-order valence-electron chi connectivity index (χ4n) is 3.34. The number of imidazole rings is 1. The van der Waals surface area contributed by atoms with Gasteiger partial charge >= 0.3 is 0 Å². The Kier molecular flexibility index (Phi) is 3.38.